The molecule has 0 aliphatic rings. The van der Waals surface area contributed by atoms with Crippen LogP contribution in [0, 0.1) is 0 Å². The van der Waals surface area contributed by atoms with Crippen molar-refractivity contribution in [1.29, 1.82) is 0 Å². The smallest absolute Gasteiger partial charge is 0.287 e. The SMILES string of the molecule is O=c1c(-c2ccc(Br)cc2)nnc(C(F)(F)Cl)n1CCc1cccs1. The summed E-state index contributed by atoms with van der Waals surface area (Å²) in [4.78, 5) is 13.7. The Morgan fingerprint density at radius 3 is 2.52 bits per heavy atom. The maximum Gasteiger partial charge on any atom is 0.381 e. The first-order valence-corrected chi connectivity index (χ1v) is 9.24. The molecule has 0 saturated heterocycles. The Bertz CT molecular complexity index is 924. The molecule has 130 valence electrons. The highest BCUT2D eigenvalue weighted by molar-refractivity contribution is 9.10. The van der Waals surface area contributed by atoms with Crippen LogP contribution in [0.3, 0.4) is 0 Å². The van der Waals surface area contributed by atoms with Crippen LogP contribution >= 0.6 is 38.9 Å². The van der Waals surface area contributed by atoms with E-state index in [2.05, 4.69) is 26.1 Å². The van der Waals surface area contributed by atoms with Gasteiger partial charge in [-0.3, -0.25) is 9.36 Å². The lowest BCUT2D eigenvalue weighted by atomic mass is 10.1. The van der Waals surface area contributed by atoms with Crippen LogP contribution in [-0.2, 0) is 18.3 Å². The van der Waals surface area contributed by atoms with Crippen molar-refractivity contribution in [1.82, 2.24) is 14.8 Å². The van der Waals surface area contributed by atoms with Gasteiger partial charge in [-0.15, -0.1) is 21.5 Å². The molecule has 0 radical (unpaired) electrons. The summed E-state index contributed by atoms with van der Waals surface area (Å²) in [6, 6.07) is 10.5. The summed E-state index contributed by atoms with van der Waals surface area (Å²) in [6.45, 7) is 0.0377. The van der Waals surface area contributed by atoms with Gasteiger partial charge in [0.25, 0.3) is 5.56 Å². The van der Waals surface area contributed by atoms with Gasteiger partial charge in [0.05, 0.1) is 0 Å². The molecular formula is C16H11BrClF2N3OS. The molecule has 9 heteroatoms. The van der Waals surface area contributed by atoms with Gasteiger partial charge < -0.3 is 0 Å². The number of nitrogens with zero attached hydrogens (tertiary/aromatic N) is 3. The quantitative estimate of drug-likeness (QED) is 0.536. The molecule has 0 atom stereocenters. The molecule has 3 aromatic rings. The van der Waals surface area contributed by atoms with Crippen molar-refractivity contribution < 1.29 is 8.78 Å². The molecule has 0 amide bonds. The average molecular weight is 447 g/mol. The van der Waals surface area contributed by atoms with E-state index in [4.69, 9.17) is 11.6 Å². The van der Waals surface area contributed by atoms with Crippen molar-refractivity contribution in [2.24, 2.45) is 0 Å². The van der Waals surface area contributed by atoms with Gasteiger partial charge in [0.1, 0.15) is 0 Å². The Morgan fingerprint density at radius 1 is 1.20 bits per heavy atom. The Kier molecular flexibility index (Phi) is 5.31. The van der Waals surface area contributed by atoms with Gasteiger partial charge in [-0.05, 0) is 41.6 Å². The fourth-order valence-electron chi connectivity index (χ4n) is 2.30. The number of hydrogen-bond donors (Lipinski definition) is 0. The Morgan fingerprint density at radius 2 is 1.92 bits per heavy atom. The van der Waals surface area contributed by atoms with Gasteiger partial charge in [-0.2, -0.15) is 8.78 Å². The van der Waals surface area contributed by atoms with E-state index < -0.39 is 16.8 Å². The van der Waals surface area contributed by atoms with Crippen LogP contribution in [0.4, 0.5) is 8.78 Å². The zero-order valence-corrected chi connectivity index (χ0v) is 15.8. The molecule has 3 rings (SSSR count). The Hall–Kier alpha value is -1.64. The maximum absolute atomic E-state index is 13.6. The zero-order valence-electron chi connectivity index (χ0n) is 12.6. The number of benzene rings is 1. The number of aromatic nitrogens is 3. The second-order valence-electron chi connectivity index (χ2n) is 5.16. The van der Waals surface area contributed by atoms with Gasteiger partial charge in [-0.1, -0.05) is 34.1 Å². The lowest BCUT2D eigenvalue weighted by Gasteiger charge is -2.15. The van der Waals surface area contributed by atoms with Crippen LogP contribution in [-0.4, -0.2) is 14.8 Å². The summed E-state index contributed by atoms with van der Waals surface area (Å²) in [5.74, 6) is -0.850. The molecular weight excluding hydrogens is 436 g/mol. The van der Waals surface area contributed by atoms with Crippen LogP contribution < -0.4 is 5.56 Å². The fraction of sp³-hybridized carbons (Fsp3) is 0.188. The van der Waals surface area contributed by atoms with E-state index in [1.165, 1.54) is 11.3 Å². The van der Waals surface area contributed by atoms with Gasteiger partial charge in [-0.25, -0.2) is 0 Å². The van der Waals surface area contributed by atoms with Crippen molar-refractivity contribution in [2.45, 2.75) is 18.3 Å². The largest absolute Gasteiger partial charge is 0.381 e. The Balaban J connectivity index is 2.06. The van der Waals surface area contributed by atoms with Gasteiger partial charge >= 0.3 is 5.38 Å². The molecule has 25 heavy (non-hydrogen) atoms. The van der Waals surface area contributed by atoms with Gasteiger partial charge in [0.2, 0.25) is 5.82 Å². The standard InChI is InChI=1S/C16H11BrClF2N3OS/c17-11-5-3-10(4-6-11)13-14(24)23(8-7-12-2-1-9-25-12)15(22-21-13)16(18,19)20/h1-6,9H,7-8H2. The normalized spacial score (nSPS) is 11.7. The van der Waals surface area contributed by atoms with Crippen molar-refractivity contribution in [3.8, 4) is 11.3 Å². The van der Waals surface area contributed by atoms with E-state index >= 15 is 0 Å². The van der Waals surface area contributed by atoms with Crippen molar-refractivity contribution in [2.75, 3.05) is 0 Å². The number of alkyl halides is 3. The third-order valence-electron chi connectivity index (χ3n) is 3.48. The topological polar surface area (TPSA) is 47.8 Å². The number of rotatable bonds is 5. The summed E-state index contributed by atoms with van der Waals surface area (Å²) in [7, 11) is 0. The van der Waals surface area contributed by atoms with Crippen LogP contribution in [0.25, 0.3) is 11.3 Å². The highest BCUT2D eigenvalue weighted by atomic mass is 79.9. The molecule has 0 fully saturated rings. The molecule has 0 aliphatic heterocycles. The van der Waals surface area contributed by atoms with Crippen LogP contribution in [0.5, 0.6) is 0 Å². The lowest BCUT2D eigenvalue weighted by Crippen LogP contribution is -2.32. The first-order valence-electron chi connectivity index (χ1n) is 7.19. The summed E-state index contributed by atoms with van der Waals surface area (Å²) in [6.07, 6.45) is 0.420. The predicted molar refractivity (Wildman–Crippen MR) is 97.2 cm³/mol. The van der Waals surface area contributed by atoms with E-state index in [1.807, 2.05) is 17.5 Å². The molecule has 0 unspecified atom stereocenters. The highest BCUT2D eigenvalue weighted by Crippen LogP contribution is 2.30. The number of halogens is 4. The number of hydrogen-bond acceptors (Lipinski definition) is 4. The van der Waals surface area contributed by atoms with Gasteiger partial charge in [0, 0.05) is 21.5 Å². The predicted octanol–water partition coefficient (Wildman–Crippen LogP) is 4.66. The monoisotopic (exact) mass is 445 g/mol. The van der Waals surface area contributed by atoms with Crippen molar-refractivity contribution in [3.05, 3.63) is 67.3 Å². The molecule has 0 N–H and O–H groups in total. The highest BCUT2D eigenvalue weighted by Gasteiger charge is 2.35. The van der Waals surface area contributed by atoms with Gasteiger partial charge in [0.15, 0.2) is 5.69 Å². The second-order valence-corrected chi connectivity index (χ2v) is 7.59. The lowest BCUT2D eigenvalue weighted by molar-refractivity contribution is 0.0765. The third kappa shape index (κ3) is 4.13. The minimum Gasteiger partial charge on any atom is -0.287 e. The summed E-state index contributed by atoms with van der Waals surface area (Å²) in [5.41, 5.74) is -0.150. The van der Waals surface area contributed by atoms with E-state index in [1.54, 1.807) is 24.3 Å². The molecule has 0 aliphatic carbocycles. The second kappa shape index (κ2) is 7.31. The summed E-state index contributed by atoms with van der Waals surface area (Å²) < 4.78 is 29.0. The summed E-state index contributed by atoms with van der Waals surface area (Å²) in [5, 5.41) is 5.33. The van der Waals surface area contributed by atoms with E-state index in [0.29, 0.717) is 12.0 Å². The summed E-state index contributed by atoms with van der Waals surface area (Å²) >= 11 is 9.90. The third-order valence-corrected chi connectivity index (χ3v) is 5.12. The molecule has 4 nitrogen and oxygen atoms in total. The van der Waals surface area contributed by atoms with Crippen LogP contribution in [0.1, 0.15) is 10.7 Å². The molecule has 2 heterocycles. The fourth-order valence-corrected chi connectivity index (χ4v) is 3.40. The number of thiophene rings is 1. The minimum atomic E-state index is -3.78. The molecule has 0 saturated carbocycles. The zero-order chi connectivity index (χ0) is 18.0. The first-order chi connectivity index (χ1) is 11.9. The van der Waals surface area contributed by atoms with E-state index in [9.17, 15) is 13.6 Å². The average Bonchev–Trinajstić information content (AvgIpc) is 3.07. The molecule has 0 spiro atoms. The Labute approximate surface area is 159 Å². The van der Waals surface area contributed by atoms with Crippen LogP contribution in [0.15, 0.2) is 51.0 Å². The molecule has 1 aromatic carbocycles. The van der Waals surface area contributed by atoms with Crippen LogP contribution in [0.2, 0.25) is 0 Å². The first kappa shape index (κ1) is 18.2. The van der Waals surface area contributed by atoms with Crippen molar-refractivity contribution >= 4 is 38.9 Å². The van der Waals surface area contributed by atoms with E-state index in [-0.39, 0.29) is 12.2 Å². The molecule has 0 bridgehead atoms. The van der Waals surface area contributed by atoms with Crippen molar-refractivity contribution in [3.63, 3.8) is 0 Å². The minimum absolute atomic E-state index is 0.00310. The molecule has 2 aromatic heterocycles. The maximum atomic E-state index is 13.6. The van der Waals surface area contributed by atoms with E-state index in [0.717, 1.165) is 13.9 Å². The number of aryl methyl sites for hydroxylation is 1.